The van der Waals surface area contributed by atoms with Gasteiger partial charge in [0.25, 0.3) is 5.56 Å². The van der Waals surface area contributed by atoms with Crippen molar-refractivity contribution in [2.75, 3.05) is 6.54 Å². The van der Waals surface area contributed by atoms with Crippen molar-refractivity contribution in [2.45, 2.75) is 38.6 Å². The first kappa shape index (κ1) is 15.7. The first-order valence-corrected chi connectivity index (χ1v) is 8.36. The maximum absolute atomic E-state index is 12.6. The van der Waals surface area contributed by atoms with E-state index in [1.54, 1.807) is 11.3 Å². The van der Waals surface area contributed by atoms with Crippen molar-refractivity contribution < 1.29 is 14.7 Å². The fourth-order valence-corrected chi connectivity index (χ4v) is 4.04. The lowest BCUT2D eigenvalue weighted by Gasteiger charge is -2.10. The van der Waals surface area contributed by atoms with Crippen LogP contribution in [0.4, 0.5) is 0 Å². The number of nitrogens with zero attached hydrogens (tertiary/aromatic N) is 2. The van der Waals surface area contributed by atoms with Crippen LogP contribution >= 0.6 is 11.3 Å². The molecule has 3 rings (SSSR count). The number of hydrogen-bond acceptors (Lipinski definition) is 5. The van der Waals surface area contributed by atoms with Crippen LogP contribution in [0.2, 0.25) is 0 Å². The number of aliphatic carboxylic acids is 1. The molecule has 8 heteroatoms. The minimum absolute atomic E-state index is 0.0483. The Balaban J connectivity index is 1.79. The van der Waals surface area contributed by atoms with Crippen LogP contribution in [0.3, 0.4) is 0 Å². The summed E-state index contributed by atoms with van der Waals surface area (Å²) in [5.74, 6) is -1.49. The van der Waals surface area contributed by atoms with Crippen LogP contribution in [-0.2, 0) is 29.0 Å². The zero-order chi connectivity index (χ0) is 16.4. The lowest BCUT2D eigenvalue weighted by molar-refractivity contribution is -0.137. The van der Waals surface area contributed by atoms with E-state index in [4.69, 9.17) is 5.11 Å². The molecule has 122 valence electrons. The Morgan fingerprint density at radius 3 is 2.91 bits per heavy atom. The Labute approximate surface area is 136 Å². The molecule has 2 aromatic heterocycles. The molecule has 0 bridgehead atoms. The fraction of sp³-hybridized carbons (Fsp3) is 0.467. The lowest BCUT2D eigenvalue weighted by Crippen LogP contribution is -2.31. The highest BCUT2D eigenvalue weighted by Gasteiger charge is 2.20. The smallest absolute Gasteiger partial charge is 0.322 e. The van der Waals surface area contributed by atoms with E-state index in [0.717, 1.165) is 36.1 Å². The average Bonchev–Trinajstić information content (AvgIpc) is 2.91. The van der Waals surface area contributed by atoms with Gasteiger partial charge >= 0.3 is 5.97 Å². The molecule has 7 nitrogen and oxygen atoms in total. The zero-order valence-electron chi connectivity index (χ0n) is 12.5. The predicted octanol–water partition coefficient (Wildman–Crippen LogP) is 0.928. The first-order chi connectivity index (χ1) is 11.1. The topological polar surface area (TPSA) is 101 Å². The molecule has 1 aliphatic carbocycles. The second-order valence-corrected chi connectivity index (χ2v) is 6.64. The molecular formula is C15H17N3O4S. The van der Waals surface area contributed by atoms with Gasteiger partial charge in [0.05, 0.1) is 11.7 Å². The minimum Gasteiger partial charge on any atom is -0.480 e. The summed E-state index contributed by atoms with van der Waals surface area (Å²) in [6, 6.07) is 0. The maximum atomic E-state index is 12.6. The van der Waals surface area contributed by atoms with Crippen molar-refractivity contribution in [2.24, 2.45) is 0 Å². The van der Waals surface area contributed by atoms with Crippen LogP contribution in [0.25, 0.3) is 10.2 Å². The molecule has 0 atom stereocenters. The van der Waals surface area contributed by atoms with Crippen LogP contribution in [-0.4, -0.2) is 33.1 Å². The van der Waals surface area contributed by atoms with Gasteiger partial charge in [-0.1, -0.05) is 0 Å². The summed E-state index contributed by atoms with van der Waals surface area (Å²) in [6.45, 7) is -0.221. The monoisotopic (exact) mass is 335 g/mol. The molecule has 2 aromatic rings. The van der Waals surface area contributed by atoms with E-state index in [1.165, 1.54) is 15.8 Å². The van der Waals surface area contributed by atoms with Crippen molar-refractivity contribution in [3.63, 3.8) is 0 Å². The van der Waals surface area contributed by atoms with Crippen molar-refractivity contribution >= 4 is 33.4 Å². The van der Waals surface area contributed by atoms with Gasteiger partial charge in [0.15, 0.2) is 0 Å². The molecule has 2 heterocycles. The predicted molar refractivity (Wildman–Crippen MR) is 85.8 cm³/mol. The number of aromatic nitrogens is 2. The minimum atomic E-state index is -1.09. The molecule has 0 fully saturated rings. The number of carbonyl (C=O) groups excluding carboxylic acids is 1. The second-order valence-electron chi connectivity index (χ2n) is 5.55. The standard InChI is InChI=1S/C15H17N3O4S/c19-11(16-7-12(20)21)5-6-18-8-17-14-13(15(18)22)9-3-1-2-4-10(9)23-14/h8H,1-7H2,(H,16,19)(H,20,21). The maximum Gasteiger partial charge on any atom is 0.322 e. The van der Waals surface area contributed by atoms with Gasteiger partial charge in [-0.25, -0.2) is 4.98 Å². The summed E-state index contributed by atoms with van der Waals surface area (Å²) >= 11 is 1.59. The lowest BCUT2D eigenvalue weighted by atomic mass is 9.97. The summed E-state index contributed by atoms with van der Waals surface area (Å²) in [5, 5.41) is 11.5. The van der Waals surface area contributed by atoms with E-state index < -0.39 is 18.4 Å². The molecule has 0 radical (unpaired) electrons. The van der Waals surface area contributed by atoms with Gasteiger partial charge < -0.3 is 10.4 Å². The van der Waals surface area contributed by atoms with Crippen molar-refractivity contribution in [3.8, 4) is 0 Å². The van der Waals surface area contributed by atoms with Crippen molar-refractivity contribution in [1.29, 1.82) is 0 Å². The van der Waals surface area contributed by atoms with Gasteiger partial charge in [0, 0.05) is 17.8 Å². The number of aryl methyl sites for hydroxylation is 3. The van der Waals surface area contributed by atoms with Crippen LogP contribution in [0.5, 0.6) is 0 Å². The number of carboxylic acids is 1. The highest BCUT2D eigenvalue weighted by molar-refractivity contribution is 7.18. The summed E-state index contributed by atoms with van der Waals surface area (Å²) in [7, 11) is 0. The zero-order valence-corrected chi connectivity index (χ0v) is 13.3. The van der Waals surface area contributed by atoms with E-state index in [2.05, 4.69) is 10.3 Å². The molecule has 0 unspecified atom stereocenters. The largest absolute Gasteiger partial charge is 0.480 e. The normalized spacial score (nSPS) is 13.7. The molecule has 0 saturated carbocycles. The number of carbonyl (C=O) groups is 2. The third-order valence-corrected chi connectivity index (χ3v) is 5.16. The van der Waals surface area contributed by atoms with Crippen LogP contribution in [0.1, 0.15) is 29.7 Å². The number of nitrogens with one attached hydrogen (secondary N) is 1. The van der Waals surface area contributed by atoms with Crippen molar-refractivity contribution in [1.82, 2.24) is 14.9 Å². The van der Waals surface area contributed by atoms with Gasteiger partial charge in [0.1, 0.15) is 11.4 Å². The number of rotatable bonds is 5. The van der Waals surface area contributed by atoms with Gasteiger partial charge in [-0.2, -0.15) is 0 Å². The summed E-state index contributed by atoms with van der Waals surface area (Å²) < 4.78 is 1.43. The SMILES string of the molecule is O=C(O)CNC(=O)CCn1cnc2sc3c(c2c1=O)CCCC3. The Bertz CT molecular complexity index is 824. The summed E-state index contributed by atoms with van der Waals surface area (Å²) in [4.78, 5) is 41.0. The van der Waals surface area contributed by atoms with Crippen molar-refractivity contribution in [3.05, 3.63) is 27.1 Å². The Morgan fingerprint density at radius 1 is 1.35 bits per heavy atom. The fourth-order valence-electron chi connectivity index (χ4n) is 2.82. The third-order valence-electron chi connectivity index (χ3n) is 3.96. The summed E-state index contributed by atoms with van der Waals surface area (Å²) in [5.41, 5.74) is 1.01. The molecule has 2 N–H and O–H groups in total. The van der Waals surface area contributed by atoms with E-state index in [0.29, 0.717) is 5.39 Å². The third kappa shape index (κ3) is 3.26. The number of fused-ring (bicyclic) bond motifs is 3. The number of carboxylic acid groups (broad SMARTS) is 1. The van der Waals surface area contributed by atoms with Gasteiger partial charge in [-0.05, 0) is 31.2 Å². The first-order valence-electron chi connectivity index (χ1n) is 7.54. The highest BCUT2D eigenvalue weighted by atomic mass is 32.1. The highest BCUT2D eigenvalue weighted by Crippen LogP contribution is 2.33. The Hall–Kier alpha value is -2.22. The number of thiophene rings is 1. The van der Waals surface area contributed by atoms with Crippen LogP contribution in [0, 0.1) is 0 Å². The molecule has 0 spiro atoms. The van der Waals surface area contributed by atoms with E-state index in [1.807, 2.05) is 0 Å². The molecule has 23 heavy (non-hydrogen) atoms. The van der Waals surface area contributed by atoms with E-state index in [9.17, 15) is 14.4 Å². The summed E-state index contributed by atoms with van der Waals surface area (Å²) in [6.07, 6.45) is 5.68. The Morgan fingerprint density at radius 2 is 2.13 bits per heavy atom. The van der Waals surface area contributed by atoms with Crippen LogP contribution in [0.15, 0.2) is 11.1 Å². The number of hydrogen-bond donors (Lipinski definition) is 2. The molecular weight excluding hydrogens is 318 g/mol. The average molecular weight is 335 g/mol. The van der Waals surface area contributed by atoms with Gasteiger partial charge in [-0.15, -0.1) is 11.3 Å². The molecule has 1 amide bonds. The second kappa shape index (κ2) is 6.49. The number of amides is 1. The van der Waals surface area contributed by atoms with E-state index in [-0.39, 0.29) is 18.5 Å². The molecule has 0 aromatic carbocycles. The molecule has 0 aliphatic heterocycles. The van der Waals surface area contributed by atoms with Gasteiger partial charge in [0.2, 0.25) is 5.91 Å². The van der Waals surface area contributed by atoms with Crippen LogP contribution < -0.4 is 10.9 Å². The van der Waals surface area contributed by atoms with E-state index >= 15 is 0 Å². The molecule has 1 aliphatic rings. The Kier molecular flexibility index (Phi) is 4.42. The molecule has 0 saturated heterocycles. The quantitative estimate of drug-likeness (QED) is 0.846. The van der Waals surface area contributed by atoms with Gasteiger partial charge in [-0.3, -0.25) is 19.0 Å².